The van der Waals surface area contributed by atoms with Gasteiger partial charge in [-0.3, -0.25) is 4.79 Å². The lowest BCUT2D eigenvalue weighted by Gasteiger charge is -2.21. The molecule has 72 valence electrons. The van der Waals surface area contributed by atoms with E-state index >= 15 is 0 Å². The molecule has 0 aliphatic carbocycles. The summed E-state index contributed by atoms with van der Waals surface area (Å²) >= 11 is 16.5. The van der Waals surface area contributed by atoms with Gasteiger partial charge in [0, 0.05) is 14.0 Å². The van der Waals surface area contributed by atoms with E-state index in [1.54, 1.807) is 0 Å². The molecule has 0 aromatic carbocycles. The SMILES string of the molecule is COC(COC(C)=O)C(Cl)(Cl)Cl. The number of halogens is 3. The largest absolute Gasteiger partial charge is 0.463 e. The molecule has 0 fully saturated rings. The highest BCUT2D eigenvalue weighted by Gasteiger charge is 2.33. The van der Waals surface area contributed by atoms with Crippen LogP contribution in [-0.4, -0.2) is 29.6 Å². The highest BCUT2D eigenvalue weighted by atomic mass is 35.6. The van der Waals surface area contributed by atoms with Gasteiger partial charge in [0.05, 0.1) is 0 Å². The summed E-state index contributed by atoms with van der Waals surface area (Å²) in [6.07, 6.45) is -0.744. The first-order valence-electron chi connectivity index (χ1n) is 3.10. The predicted octanol–water partition coefficient (Wildman–Crippen LogP) is 1.93. The summed E-state index contributed by atoms with van der Waals surface area (Å²) in [5.41, 5.74) is 0. The lowest BCUT2D eigenvalue weighted by molar-refractivity contribution is -0.144. The third-order valence-electron chi connectivity index (χ3n) is 1.09. The van der Waals surface area contributed by atoms with Gasteiger partial charge in [0.15, 0.2) is 0 Å². The Kier molecular flexibility index (Phi) is 5.25. The molecule has 0 amide bonds. The second-order valence-corrected chi connectivity index (χ2v) is 4.44. The monoisotopic (exact) mass is 234 g/mol. The number of hydrogen-bond donors (Lipinski definition) is 0. The fourth-order valence-corrected chi connectivity index (χ4v) is 0.945. The van der Waals surface area contributed by atoms with Crippen LogP contribution in [0.1, 0.15) is 6.92 Å². The van der Waals surface area contributed by atoms with Gasteiger partial charge in [-0.2, -0.15) is 0 Å². The van der Waals surface area contributed by atoms with Crippen molar-refractivity contribution in [2.24, 2.45) is 0 Å². The van der Waals surface area contributed by atoms with Crippen molar-refractivity contribution in [3.63, 3.8) is 0 Å². The zero-order valence-corrected chi connectivity index (χ0v) is 8.91. The Morgan fingerprint density at radius 1 is 1.50 bits per heavy atom. The van der Waals surface area contributed by atoms with Crippen LogP contribution < -0.4 is 0 Å². The Morgan fingerprint density at radius 2 is 2.00 bits per heavy atom. The number of ether oxygens (including phenoxy) is 2. The first-order chi connectivity index (χ1) is 5.38. The van der Waals surface area contributed by atoms with Crippen LogP contribution in [0.3, 0.4) is 0 Å². The molecule has 6 heteroatoms. The molecule has 0 aromatic rings. The molecule has 0 aliphatic heterocycles. The summed E-state index contributed by atoms with van der Waals surface area (Å²) in [5, 5.41) is 0. The van der Waals surface area contributed by atoms with Gasteiger partial charge in [-0.15, -0.1) is 0 Å². The Bertz CT molecular complexity index is 155. The molecule has 3 nitrogen and oxygen atoms in total. The van der Waals surface area contributed by atoms with Gasteiger partial charge in [-0.05, 0) is 0 Å². The number of carbonyl (C=O) groups is 1. The van der Waals surface area contributed by atoms with Crippen LogP contribution in [-0.2, 0) is 14.3 Å². The van der Waals surface area contributed by atoms with E-state index in [2.05, 4.69) is 4.74 Å². The van der Waals surface area contributed by atoms with E-state index in [0.29, 0.717) is 0 Å². The minimum absolute atomic E-state index is 0.0671. The molecule has 12 heavy (non-hydrogen) atoms. The van der Waals surface area contributed by atoms with E-state index in [0.717, 1.165) is 0 Å². The van der Waals surface area contributed by atoms with Crippen molar-refractivity contribution < 1.29 is 14.3 Å². The quantitative estimate of drug-likeness (QED) is 0.554. The number of esters is 1. The van der Waals surface area contributed by atoms with Crippen LogP contribution in [0.5, 0.6) is 0 Å². The van der Waals surface area contributed by atoms with Gasteiger partial charge in [0.1, 0.15) is 12.7 Å². The standard InChI is InChI=1S/C6H9Cl3O3/c1-4(10)12-3-5(11-2)6(7,8)9/h5H,3H2,1-2H3. The minimum atomic E-state index is -1.58. The van der Waals surface area contributed by atoms with E-state index in [4.69, 9.17) is 39.5 Å². The number of rotatable bonds is 3. The maximum atomic E-state index is 10.4. The highest BCUT2D eigenvalue weighted by Crippen LogP contribution is 2.31. The number of hydrogen-bond acceptors (Lipinski definition) is 3. The second-order valence-electron chi connectivity index (χ2n) is 2.07. The molecule has 0 heterocycles. The van der Waals surface area contributed by atoms with E-state index < -0.39 is 15.9 Å². The average Bonchev–Trinajstić information content (AvgIpc) is 1.85. The molecule has 0 saturated carbocycles. The van der Waals surface area contributed by atoms with Crippen LogP contribution in [0.2, 0.25) is 0 Å². The van der Waals surface area contributed by atoms with Gasteiger partial charge < -0.3 is 9.47 Å². The zero-order valence-electron chi connectivity index (χ0n) is 6.64. The van der Waals surface area contributed by atoms with Gasteiger partial charge in [0.25, 0.3) is 0 Å². The van der Waals surface area contributed by atoms with Crippen LogP contribution in [0, 0.1) is 0 Å². The van der Waals surface area contributed by atoms with Crippen LogP contribution in [0.4, 0.5) is 0 Å². The Labute approximate surface area is 85.9 Å². The molecule has 0 aliphatic rings. The van der Waals surface area contributed by atoms with Gasteiger partial charge >= 0.3 is 5.97 Å². The molecule has 0 N–H and O–H groups in total. The van der Waals surface area contributed by atoms with Crippen molar-refractivity contribution in [3.8, 4) is 0 Å². The maximum Gasteiger partial charge on any atom is 0.302 e. The van der Waals surface area contributed by atoms with E-state index in [9.17, 15) is 4.79 Å². The van der Waals surface area contributed by atoms with Crippen molar-refractivity contribution in [3.05, 3.63) is 0 Å². The maximum absolute atomic E-state index is 10.4. The van der Waals surface area contributed by atoms with Crippen LogP contribution in [0.25, 0.3) is 0 Å². The highest BCUT2D eigenvalue weighted by molar-refractivity contribution is 6.68. The van der Waals surface area contributed by atoms with Crippen LogP contribution >= 0.6 is 34.8 Å². The lowest BCUT2D eigenvalue weighted by Crippen LogP contribution is -2.33. The van der Waals surface area contributed by atoms with E-state index in [1.807, 2.05) is 0 Å². The predicted molar refractivity (Wildman–Crippen MR) is 47.7 cm³/mol. The topological polar surface area (TPSA) is 35.5 Å². The number of methoxy groups -OCH3 is 1. The van der Waals surface area contributed by atoms with Gasteiger partial charge in [-0.25, -0.2) is 0 Å². The first kappa shape index (κ1) is 12.3. The Morgan fingerprint density at radius 3 is 2.25 bits per heavy atom. The van der Waals surface area contributed by atoms with E-state index in [1.165, 1.54) is 14.0 Å². The van der Waals surface area contributed by atoms with Gasteiger partial charge in [0.2, 0.25) is 3.79 Å². The summed E-state index contributed by atoms with van der Waals surface area (Å²) in [7, 11) is 1.37. The zero-order chi connectivity index (χ0) is 9.78. The molecule has 0 aromatic heterocycles. The molecule has 0 radical (unpaired) electrons. The molecule has 0 saturated heterocycles. The smallest absolute Gasteiger partial charge is 0.302 e. The number of carbonyl (C=O) groups excluding carboxylic acids is 1. The van der Waals surface area contributed by atoms with Crippen molar-refractivity contribution in [1.82, 2.24) is 0 Å². The summed E-state index contributed by atoms with van der Waals surface area (Å²) < 4.78 is 7.82. The molecular weight excluding hydrogens is 226 g/mol. The molecular formula is C6H9Cl3O3. The fraction of sp³-hybridized carbons (Fsp3) is 0.833. The Balaban J connectivity index is 3.92. The summed E-state index contributed by atoms with van der Waals surface area (Å²) in [4.78, 5) is 10.4. The Hall–Kier alpha value is 0.300. The summed E-state index contributed by atoms with van der Waals surface area (Å²) in [5.74, 6) is -0.439. The van der Waals surface area contributed by atoms with Crippen molar-refractivity contribution in [2.75, 3.05) is 13.7 Å². The summed E-state index contributed by atoms with van der Waals surface area (Å²) in [6.45, 7) is 1.20. The molecule has 1 atom stereocenters. The molecule has 0 rings (SSSR count). The van der Waals surface area contributed by atoms with Crippen molar-refractivity contribution >= 4 is 40.8 Å². The first-order valence-corrected chi connectivity index (χ1v) is 4.24. The van der Waals surface area contributed by atoms with E-state index in [-0.39, 0.29) is 6.61 Å². The average molecular weight is 235 g/mol. The second kappa shape index (κ2) is 5.12. The number of alkyl halides is 3. The molecule has 0 spiro atoms. The normalized spacial score (nSPS) is 14.1. The van der Waals surface area contributed by atoms with Crippen molar-refractivity contribution in [1.29, 1.82) is 0 Å². The molecule has 0 bridgehead atoms. The minimum Gasteiger partial charge on any atom is -0.463 e. The molecule has 1 unspecified atom stereocenters. The summed E-state index contributed by atoms with van der Waals surface area (Å²) in [6, 6.07) is 0. The third kappa shape index (κ3) is 5.04. The van der Waals surface area contributed by atoms with Crippen LogP contribution in [0.15, 0.2) is 0 Å². The lowest BCUT2D eigenvalue weighted by atomic mass is 10.4. The fourth-order valence-electron chi connectivity index (χ4n) is 0.489. The van der Waals surface area contributed by atoms with Gasteiger partial charge in [-0.1, -0.05) is 34.8 Å². The third-order valence-corrected chi connectivity index (χ3v) is 1.82. The van der Waals surface area contributed by atoms with Crippen molar-refractivity contribution in [2.45, 2.75) is 16.8 Å².